The van der Waals surface area contributed by atoms with E-state index in [4.69, 9.17) is 5.73 Å². The van der Waals surface area contributed by atoms with E-state index >= 15 is 0 Å². The van der Waals surface area contributed by atoms with Gasteiger partial charge in [0.2, 0.25) is 0 Å². The molecule has 0 amide bonds. The van der Waals surface area contributed by atoms with E-state index < -0.39 is 0 Å². The fourth-order valence-electron chi connectivity index (χ4n) is 2.52. The van der Waals surface area contributed by atoms with Gasteiger partial charge in [0.05, 0.1) is 17.3 Å². The van der Waals surface area contributed by atoms with Crippen LogP contribution in [0.4, 0.5) is 5.82 Å². The average molecular weight is 276 g/mol. The molecule has 4 rings (SSSR count). The summed E-state index contributed by atoms with van der Waals surface area (Å²) in [6.45, 7) is 3.80. The van der Waals surface area contributed by atoms with E-state index in [0.717, 1.165) is 33.5 Å². The van der Waals surface area contributed by atoms with Crippen molar-refractivity contribution in [2.24, 2.45) is 0 Å². The maximum Gasteiger partial charge on any atom is 0.143 e. The van der Waals surface area contributed by atoms with Crippen LogP contribution in [0.1, 0.15) is 5.69 Å². The zero-order valence-corrected chi connectivity index (χ0v) is 11.1. The van der Waals surface area contributed by atoms with E-state index in [2.05, 4.69) is 26.5 Å². The zero-order chi connectivity index (χ0) is 14.4. The van der Waals surface area contributed by atoms with Gasteiger partial charge in [0, 0.05) is 23.5 Å². The third-order valence-electron chi connectivity index (χ3n) is 3.55. The monoisotopic (exact) mass is 276 g/mol. The van der Waals surface area contributed by atoms with Crippen LogP contribution >= 0.6 is 0 Å². The van der Waals surface area contributed by atoms with Gasteiger partial charge >= 0.3 is 0 Å². The van der Waals surface area contributed by atoms with Crippen LogP contribution < -0.4 is 5.73 Å². The third-order valence-corrected chi connectivity index (χ3v) is 3.55. The number of aromatic nitrogens is 5. The number of nitrogens with one attached hydrogen (secondary N) is 1. The Kier molecular flexibility index (Phi) is 2.32. The highest BCUT2D eigenvalue weighted by Crippen LogP contribution is 2.30. The molecule has 0 atom stereocenters. The maximum absolute atomic E-state index is 5.98. The average Bonchev–Trinajstić information content (AvgIpc) is 3.10. The fraction of sp³-hybridized carbons (Fsp3) is 0. The second kappa shape index (κ2) is 4.17. The Hall–Kier alpha value is -3.15. The van der Waals surface area contributed by atoms with Crippen molar-refractivity contribution in [1.82, 2.24) is 24.3 Å². The highest BCUT2D eigenvalue weighted by atomic mass is 15.0. The number of H-pyrrole nitrogens is 1. The second-order valence-corrected chi connectivity index (χ2v) is 4.72. The van der Waals surface area contributed by atoms with Crippen LogP contribution in [0.2, 0.25) is 0 Å². The number of imidazole rings is 1. The summed E-state index contributed by atoms with van der Waals surface area (Å²) in [5.41, 5.74) is 10.5. The van der Waals surface area contributed by atoms with Crippen molar-refractivity contribution in [1.29, 1.82) is 0 Å². The maximum atomic E-state index is 5.98. The number of fused-ring (bicyclic) bond motifs is 2. The normalized spacial score (nSPS) is 11.2. The number of nitrogen functional groups attached to an aromatic ring is 1. The molecular weight excluding hydrogens is 264 g/mol. The van der Waals surface area contributed by atoms with E-state index in [9.17, 15) is 0 Å². The summed E-state index contributed by atoms with van der Waals surface area (Å²) in [5.74, 6) is 0.464. The smallest absolute Gasteiger partial charge is 0.143 e. The summed E-state index contributed by atoms with van der Waals surface area (Å²) in [7, 11) is 0. The number of hydrogen-bond donors (Lipinski definition) is 2. The molecule has 6 heteroatoms. The van der Waals surface area contributed by atoms with Gasteiger partial charge in [-0.15, -0.1) is 0 Å². The number of nitrogens with zero attached hydrogens (tertiary/aromatic N) is 4. The lowest BCUT2D eigenvalue weighted by atomic mass is 10.1. The molecule has 4 aromatic heterocycles. The van der Waals surface area contributed by atoms with Crippen molar-refractivity contribution in [2.45, 2.75) is 0 Å². The minimum atomic E-state index is 0.464. The van der Waals surface area contributed by atoms with Crippen LogP contribution in [0.3, 0.4) is 0 Å². The Morgan fingerprint density at radius 2 is 2.14 bits per heavy atom. The summed E-state index contributed by atoms with van der Waals surface area (Å²) in [6.07, 6.45) is 8.91. The molecule has 0 aliphatic carbocycles. The summed E-state index contributed by atoms with van der Waals surface area (Å²) in [5, 5.41) is 0.831. The van der Waals surface area contributed by atoms with E-state index in [0.29, 0.717) is 5.82 Å². The second-order valence-electron chi connectivity index (χ2n) is 4.72. The molecule has 3 N–H and O–H groups in total. The minimum Gasteiger partial charge on any atom is -0.383 e. The fourth-order valence-corrected chi connectivity index (χ4v) is 2.52. The first-order chi connectivity index (χ1) is 10.3. The first-order valence-corrected chi connectivity index (χ1v) is 6.45. The highest BCUT2D eigenvalue weighted by molar-refractivity contribution is 6.00. The Labute approximate surface area is 120 Å². The highest BCUT2D eigenvalue weighted by Gasteiger charge is 2.12. The van der Waals surface area contributed by atoms with Crippen molar-refractivity contribution in [3.63, 3.8) is 0 Å². The van der Waals surface area contributed by atoms with E-state index in [1.807, 2.05) is 28.9 Å². The van der Waals surface area contributed by atoms with Crippen LogP contribution in [-0.2, 0) is 0 Å². The Morgan fingerprint density at radius 3 is 3.00 bits per heavy atom. The largest absolute Gasteiger partial charge is 0.383 e. The van der Waals surface area contributed by atoms with E-state index in [-0.39, 0.29) is 0 Å². The van der Waals surface area contributed by atoms with Gasteiger partial charge in [0.25, 0.3) is 0 Å². The molecule has 4 aromatic rings. The number of aromatic amines is 1. The van der Waals surface area contributed by atoms with Crippen LogP contribution in [0.25, 0.3) is 33.9 Å². The number of pyridine rings is 1. The standard InChI is InChI=1S/C15H12N6/c1-2-10-5-17-12-4-3-9(7-21(10)12)11-6-18-15-13(11)14(16)19-8-20-15/h2-8H,1H2,(H3,16,18,19,20). The predicted molar refractivity (Wildman–Crippen MR) is 82.6 cm³/mol. The van der Waals surface area contributed by atoms with Gasteiger partial charge in [-0.2, -0.15) is 0 Å². The molecule has 102 valence electrons. The van der Waals surface area contributed by atoms with Crippen molar-refractivity contribution in [3.8, 4) is 11.1 Å². The van der Waals surface area contributed by atoms with Gasteiger partial charge in [0.15, 0.2) is 0 Å². The molecule has 0 unspecified atom stereocenters. The Balaban J connectivity index is 2.02. The van der Waals surface area contributed by atoms with Crippen molar-refractivity contribution >= 4 is 28.6 Å². The molecule has 6 nitrogen and oxygen atoms in total. The van der Waals surface area contributed by atoms with Crippen LogP contribution in [0.15, 0.2) is 43.6 Å². The zero-order valence-electron chi connectivity index (χ0n) is 11.1. The lowest BCUT2D eigenvalue weighted by Gasteiger charge is -2.03. The molecular formula is C15H12N6. The van der Waals surface area contributed by atoms with Gasteiger partial charge in [-0.25, -0.2) is 15.0 Å². The van der Waals surface area contributed by atoms with Crippen molar-refractivity contribution in [3.05, 3.63) is 49.3 Å². The van der Waals surface area contributed by atoms with Gasteiger partial charge in [-0.3, -0.25) is 4.40 Å². The predicted octanol–water partition coefficient (Wildman–Crippen LogP) is 2.50. The summed E-state index contributed by atoms with van der Waals surface area (Å²) in [4.78, 5) is 15.7. The van der Waals surface area contributed by atoms with E-state index in [1.165, 1.54) is 6.33 Å². The number of anilines is 1. The van der Waals surface area contributed by atoms with Crippen LogP contribution in [0, 0.1) is 0 Å². The molecule has 0 aliphatic heterocycles. The minimum absolute atomic E-state index is 0.464. The third kappa shape index (κ3) is 1.62. The first-order valence-electron chi connectivity index (χ1n) is 6.45. The summed E-state index contributed by atoms with van der Waals surface area (Å²) in [6, 6.07) is 3.96. The van der Waals surface area contributed by atoms with Crippen LogP contribution in [0.5, 0.6) is 0 Å². The molecule has 0 saturated carbocycles. The summed E-state index contributed by atoms with van der Waals surface area (Å²) >= 11 is 0. The van der Waals surface area contributed by atoms with Gasteiger partial charge in [0.1, 0.15) is 23.4 Å². The van der Waals surface area contributed by atoms with Crippen molar-refractivity contribution < 1.29 is 0 Å². The summed E-state index contributed by atoms with van der Waals surface area (Å²) < 4.78 is 1.99. The molecule has 0 radical (unpaired) electrons. The molecule has 0 spiro atoms. The van der Waals surface area contributed by atoms with Gasteiger partial charge in [-0.05, 0) is 18.2 Å². The number of nitrogens with two attached hydrogens (primary N) is 1. The van der Waals surface area contributed by atoms with Crippen molar-refractivity contribution in [2.75, 3.05) is 5.73 Å². The quantitative estimate of drug-likeness (QED) is 0.589. The molecule has 0 aromatic carbocycles. The Bertz CT molecular complexity index is 978. The molecule has 0 fully saturated rings. The molecule has 0 saturated heterocycles. The van der Waals surface area contributed by atoms with Gasteiger partial charge < -0.3 is 10.7 Å². The van der Waals surface area contributed by atoms with Gasteiger partial charge in [-0.1, -0.05) is 6.58 Å². The molecule has 21 heavy (non-hydrogen) atoms. The number of rotatable bonds is 2. The van der Waals surface area contributed by atoms with Crippen LogP contribution in [-0.4, -0.2) is 24.3 Å². The Morgan fingerprint density at radius 1 is 1.24 bits per heavy atom. The lowest BCUT2D eigenvalue weighted by molar-refractivity contribution is 1.17. The van der Waals surface area contributed by atoms with E-state index in [1.54, 1.807) is 12.3 Å². The molecule has 0 aliphatic rings. The molecule has 0 bridgehead atoms. The molecule has 4 heterocycles. The topological polar surface area (TPSA) is 84.9 Å². The SMILES string of the molecule is C=Cc1cnc2ccc(-c3c[nH]c4ncnc(N)c34)cn12. The number of hydrogen-bond acceptors (Lipinski definition) is 4. The lowest BCUT2D eigenvalue weighted by Crippen LogP contribution is -1.93. The first kappa shape index (κ1) is 11.7.